The number of ether oxygens (including phenoxy) is 2. The molecule has 1 aromatic rings. The minimum absolute atomic E-state index is 0.0293. The van der Waals surface area contributed by atoms with Crippen LogP contribution in [-0.4, -0.2) is 53.8 Å². The van der Waals surface area contributed by atoms with Crippen LogP contribution in [0.1, 0.15) is 51.5 Å². The van der Waals surface area contributed by atoms with Crippen LogP contribution in [0.15, 0.2) is 36.1 Å². The van der Waals surface area contributed by atoms with Crippen LogP contribution >= 0.6 is 0 Å². The molecule has 0 aliphatic rings. The van der Waals surface area contributed by atoms with E-state index >= 15 is 0 Å². The fourth-order valence-electron chi connectivity index (χ4n) is 2.14. The lowest BCUT2D eigenvalue weighted by Crippen LogP contribution is -2.19. The Bertz CT molecular complexity index is 511. The first-order valence-electron chi connectivity index (χ1n) is 9.43. The van der Waals surface area contributed by atoms with E-state index in [0.29, 0.717) is 0 Å². The molecule has 0 spiro atoms. The van der Waals surface area contributed by atoms with Crippen molar-refractivity contribution in [1.82, 2.24) is 0 Å². The van der Waals surface area contributed by atoms with Gasteiger partial charge in [0.15, 0.2) is 0 Å². The molecule has 0 saturated heterocycles. The van der Waals surface area contributed by atoms with Crippen LogP contribution in [0.3, 0.4) is 0 Å². The summed E-state index contributed by atoms with van der Waals surface area (Å²) in [5, 5.41) is 24.0. The topological polar surface area (TPSA) is 96.2 Å². The molecule has 27 heavy (non-hydrogen) atoms. The van der Waals surface area contributed by atoms with Crippen molar-refractivity contribution in [3.8, 4) is 0 Å². The molecule has 1 unspecified atom stereocenters. The average Bonchev–Trinajstić information content (AvgIpc) is 2.71. The van der Waals surface area contributed by atoms with Gasteiger partial charge in [-0.3, -0.25) is 0 Å². The summed E-state index contributed by atoms with van der Waals surface area (Å²) in [6.45, 7) is 3.48. The van der Waals surface area contributed by atoms with E-state index in [1.807, 2.05) is 37.3 Å². The summed E-state index contributed by atoms with van der Waals surface area (Å²) in [6.07, 6.45) is 5.90. The number of aliphatic hydroxyl groups is 3. The van der Waals surface area contributed by atoms with Crippen LogP contribution in [0, 0.1) is 0 Å². The highest BCUT2D eigenvalue weighted by molar-refractivity contribution is 5.91. The Balaban J connectivity index is 0.000000972. The number of hydrogen-bond acceptors (Lipinski definition) is 6. The van der Waals surface area contributed by atoms with Crippen molar-refractivity contribution in [2.24, 2.45) is 0 Å². The fraction of sp³-hybridized carbons (Fsp3) is 0.571. The lowest BCUT2D eigenvalue weighted by atomic mass is 10.1. The molecule has 0 amide bonds. The SMILES string of the molecule is CCCCCC(CC)OC(=O)C(=Cc1ccccc1)OC.OCC(O)CO. The first kappa shape index (κ1) is 25.1. The van der Waals surface area contributed by atoms with Crippen LogP contribution in [0.2, 0.25) is 0 Å². The van der Waals surface area contributed by atoms with Gasteiger partial charge >= 0.3 is 5.97 Å². The van der Waals surface area contributed by atoms with Gasteiger partial charge in [-0.15, -0.1) is 0 Å². The summed E-state index contributed by atoms with van der Waals surface area (Å²) in [5.41, 5.74) is 0.922. The fourth-order valence-corrected chi connectivity index (χ4v) is 2.14. The van der Waals surface area contributed by atoms with Gasteiger partial charge in [-0.05, 0) is 30.9 Å². The molecule has 1 atom stereocenters. The van der Waals surface area contributed by atoms with Crippen molar-refractivity contribution in [3.05, 3.63) is 41.7 Å². The van der Waals surface area contributed by atoms with Crippen LogP contribution in [0.25, 0.3) is 6.08 Å². The van der Waals surface area contributed by atoms with E-state index in [1.54, 1.807) is 6.08 Å². The zero-order valence-corrected chi connectivity index (χ0v) is 16.6. The third-order valence-corrected chi connectivity index (χ3v) is 3.80. The van der Waals surface area contributed by atoms with Gasteiger partial charge < -0.3 is 24.8 Å². The number of carbonyl (C=O) groups is 1. The molecule has 0 saturated carbocycles. The van der Waals surface area contributed by atoms with Crippen LogP contribution in [0.5, 0.6) is 0 Å². The largest absolute Gasteiger partial charge is 0.490 e. The molecule has 0 aliphatic heterocycles. The van der Waals surface area contributed by atoms with Gasteiger partial charge in [0.05, 0.1) is 20.3 Å². The monoisotopic (exact) mass is 382 g/mol. The number of unbranched alkanes of at least 4 members (excludes halogenated alkanes) is 2. The Hall–Kier alpha value is -1.89. The number of benzene rings is 1. The van der Waals surface area contributed by atoms with E-state index < -0.39 is 6.10 Å². The van der Waals surface area contributed by atoms with Crippen molar-refractivity contribution < 1.29 is 29.6 Å². The molecule has 0 aliphatic carbocycles. The minimum atomic E-state index is -0.954. The minimum Gasteiger partial charge on any atom is -0.490 e. The van der Waals surface area contributed by atoms with Crippen molar-refractivity contribution in [2.45, 2.75) is 58.2 Å². The molecule has 0 fully saturated rings. The van der Waals surface area contributed by atoms with Crippen molar-refractivity contribution in [2.75, 3.05) is 20.3 Å². The Morgan fingerprint density at radius 1 is 1.11 bits per heavy atom. The van der Waals surface area contributed by atoms with Crippen LogP contribution in [0.4, 0.5) is 0 Å². The molecule has 6 heteroatoms. The maximum absolute atomic E-state index is 12.2. The first-order valence-corrected chi connectivity index (χ1v) is 9.43. The summed E-state index contributed by atoms with van der Waals surface area (Å²) in [4.78, 5) is 12.2. The number of rotatable bonds is 11. The molecule has 0 aromatic heterocycles. The summed E-state index contributed by atoms with van der Waals surface area (Å²) < 4.78 is 10.7. The zero-order chi connectivity index (χ0) is 20.5. The maximum atomic E-state index is 12.2. The summed E-state index contributed by atoms with van der Waals surface area (Å²) in [5.74, 6) is -0.139. The molecule has 0 radical (unpaired) electrons. The Morgan fingerprint density at radius 2 is 1.74 bits per heavy atom. The average molecular weight is 382 g/mol. The normalized spacial score (nSPS) is 12.2. The number of carbonyl (C=O) groups excluding carboxylic acids is 1. The highest BCUT2D eigenvalue weighted by atomic mass is 16.6. The number of aliphatic hydroxyl groups excluding tert-OH is 3. The second-order valence-electron chi connectivity index (χ2n) is 6.07. The third-order valence-electron chi connectivity index (χ3n) is 3.80. The van der Waals surface area contributed by atoms with E-state index in [0.717, 1.165) is 24.8 Å². The summed E-state index contributed by atoms with van der Waals surface area (Å²) in [6, 6.07) is 9.62. The lowest BCUT2D eigenvalue weighted by Gasteiger charge is -2.16. The lowest BCUT2D eigenvalue weighted by molar-refractivity contribution is -0.148. The van der Waals surface area contributed by atoms with Crippen LogP contribution < -0.4 is 0 Å². The molecule has 6 nitrogen and oxygen atoms in total. The summed E-state index contributed by atoms with van der Waals surface area (Å²) >= 11 is 0. The molecular weight excluding hydrogens is 348 g/mol. The van der Waals surface area contributed by atoms with Crippen molar-refractivity contribution >= 4 is 12.0 Å². The highest BCUT2D eigenvalue weighted by Gasteiger charge is 2.17. The number of methoxy groups -OCH3 is 1. The van der Waals surface area contributed by atoms with Gasteiger partial charge in [-0.2, -0.15) is 0 Å². The zero-order valence-electron chi connectivity index (χ0n) is 16.6. The van der Waals surface area contributed by atoms with E-state index in [2.05, 4.69) is 6.92 Å². The second-order valence-corrected chi connectivity index (χ2v) is 6.07. The first-order chi connectivity index (χ1) is 13.0. The van der Waals surface area contributed by atoms with Gasteiger partial charge in [0.25, 0.3) is 0 Å². The van der Waals surface area contributed by atoms with Crippen molar-refractivity contribution in [1.29, 1.82) is 0 Å². The molecule has 3 N–H and O–H groups in total. The predicted molar refractivity (Wildman–Crippen MR) is 106 cm³/mol. The Morgan fingerprint density at radius 3 is 2.19 bits per heavy atom. The highest BCUT2D eigenvalue weighted by Crippen LogP contribution is 2.14. The van der Waals surface area contributed by atoms with E-state index in [-0.39, 0.29) is 31.0 Å². The van der Waals surface area contributed by atoms with Gasteiger partial charge in [0.2, 0.25) is 5.76 Å². The smallest absolute Gasteiger partial charge is 0.373 e. The second kappa shape index (κ2) is 16.3. The molecule has 0 bridgehead atoms. The van der Waals surface area contributed by atoms with Gasteiger partial charge in [0, 0.05) is 0 Å². The number of esters is 1. The Kier molecular flexibility index (Phi) is 15.2. The molecule has 1 rings (SSSR count). The van der Waals surface area contributed by atoms with Gasteiger partial charge in [0.1, 0.15) is 12.2 Å². The quantitative estimate of drug-likeness (QED) is 0.236. The Labute approximate surface area is 162 Å². The molecule has 154 valence electrons. The van der Waals surface area contributed by atoms with E-state index in [4.69, 9.17) is 24.8 Å². The molecule has 0 heterocycles. The molecular formula is C21H34O6. The summed E-state index contributed by atoms with van der Waals surface area (Å²) in [7, 11) is 1.49. The van der Waals surface area contributed by atoms with E-state index in [1.165, 1.54) is 20.0 Å². The van der Waals surface area contributed by atoms with Crippen LogP contribution in [-0.2, 0) is 14.3 Å². The van der Waals surface area contributed by atoms with E-state index in [9.17, 15) is 4.79 Å². The number of hydrogen-bond donors (Lipinski definition) is 3. The standard InChI is InChI=1S/C18H26O3.C3H8O3/c1-4-6-8-13-16(5-2)21-18(19)17(20-3)14-15-11-9-7-10-12-15;4-1-3(6)2-5/h7,9-12,14,16H,4-6,8,13H2,1-3H3;3-6H,1-2H2. The van der Waals surface area contributed by atoms with Gasteiger partial charge in [-0.1, -0.05) is 57.0 Å². The van der Waals surface area contributed by atoms with Crippen molar-refractivity contribution in [3.63, 3.8) is 0 Å². The molecule has 1 aromatic carbocycles. The van der Waals surface area contributed by atoms with Gasteiger partial charge in [-0.25, -0.2) is 4.79 Å². The third kappa shape index (κ3) is 12.2. The maximum Gasteiger partial charge on any atom is 0.373 e. The predicted octanol–water partition coefficient (Wildman–Crippen LogP) is 2.91.